The minimum Gasteiger partial charge on any atom is -0.394 e. The van der Waals surface area contributed by atoms with Crippen LogP contribution in [0.1, 0.15) is 35.7 Å². The molecule has 2 unspecified atom stereocenters. The molecule has 2 rings (SSSR count). The normalized spacial score (nSPS) is 13.9. The second-order valence-electron chi connectivity index (χ2n) is 5.08. The summed E-state index contributed by atoms with van der Waals surface area (Å²) in [5.41, 5.74) is 2.95. The fraction of sp³-hybridized carbons (Fsp3) is 0.294. The first-order valence-electron chi connectivity index (χ1n) is 6.96. The van der Waals surface area contributed by atoms with E-state index in [0.717, 1.165) is 16.7 Å². The third kappa shape index (κ3) is 4.29. The summed E-state index contributed by atoms with van der Waals surface area (Å²) >= 11 is 5.89. The zero-order chi connectivity index (χ0) is 15.2. The molecule has 3 nitrogen and oxygen atoms in total. The summed E-state index contributed by atoms with van der Waals surface area (Å²) in [4.78, 5) is 0. The quantitative estimate of drug-likeness (QED) is 0.768. The highest BCUT2D eigenvalue weighted by Crippen LogP contribution is 2.21. The summed E-state index contributed by atoms with van der Waals surface area (Å²) in [6, 6.07) is 15.1. The van der Waals surface area contributed by atoms with Gasteiger partial charge in [0.25, 0.3) is 0 Å². The van der Waals surface area contributed by atoms with Crippen LogP contribution in [0.3, 0.4) is 0 Å². The van der Waals surface area contributed by atoms with Crippen molar-refractivity contribution in [2.45, 2.75) is 25.6 Å². The van der Waals surface area contributed by atoms with Crippen LogP contribution in [0.2, 0.25) is 5.02 Å². The third-order valence-corrected chi connectivity index (χ3v) is 3.79. The smallest absolute Gasteiger partial charge is 0.0681 e. The molecule has 0 bridgehead atoms. The minimum absolute atomic E-state index is 0.00562. The Morgan fingerprint density at radius 2 is 1.76 bits per heavy atom. The Labute approximate surface area is 130 Å². The van der Waals surface area contributed by atoms with Gasteiger partial charge in [-0.1, -0.05) is 48.0 Å². The molecule has 112 valence electrons. The SMILES string of the molecule is CC(NC(CO)c1ccc(Cl)cc1)c1cccc(CO)c1. The van der Waals surface area contributed by atoms with Crippen molar-refractivity contribution in [1.29, 1.82) is 0 Å². The topological polar surface area (TPSA) is 52.5 Å². The van der Waals surface area contributed by atoms with Crippen molar-refractivity contribution in [1.82, 2.24) is 5.32 Å². The molecule has 4 heteroatoms. The molecule has 0 radical (unpaired) electrons. The van der Waals surface area contributed by atoms with Gasteiger partial charge >= 0.3 is 0 Å². The number of benzene rings is 2. The number of rotatable bonds is 6. The maximum atomic E-state index is 9.61. The molecule has 0 amide bonds. The highest BCUT2D eigenvalue weighted by atomic mass is 35.5. The molecule has 0 spiro atoms. The second-order valence-corrected chi connectivity index (χ2v) is 5.51. The molecule has 0 aliphatic carbocycles. The Morgan fingerprint density at radius 3 is 2.38 bits per heavy atom. The number of halogens is 1. The van der Waals surface area contributed by atoms with Gasteiger partial charge in [0.1, 0.15) is 0 Å². The summed E-state index contributed by atoms with van der Waals surface area (Å²) in [6.07, 6.45) is 0. The van der Waals surface area contributed by atoms with Crippen molar-refractivity contribution in [2.24, 2.45) is 0 Å². The Bertz CT molecular complexity index is 571. The van der Waals surface area contributed by atoms with Gasteiger partial charge in [-0.3, -0.25) is 0 Å². The van der Waals surface area contributed by atoms with E-state index in [1.807, 2.05) is 55.5 Å². The standard InChI is InChI=1S/C17H20ClNO2/c1-12(15-4-2-3-13(9-15)10-20)19-17(11-21)14-5-7-16(18)8-6-14/h2-9,12,17,19-21H,10-11H2,1H3. The molecule has 0 saturated heterocycles. The Hall–Kier alpha value is -1.39. The first-order valence-corrected chi connectivity index (χ1v) is 7.34. The van der Waals surface area contributed by atoms with E-state index in [1.165, 1.54) is 0 Å². The zero-order valence-electron chi connectivity index (χ0n) is 12.0. The van der Waals surface area contributed by atoms with Crippen molar-refractivity contribution < 1.29 is 10.2 Å². The van der Waals surface area contributed by atoms with Gasteiger partial charge in [-0.2, -0.15) is 0 Å². The average Bonchev–Trinajstić information content (AvgIpc) is 2.53. The van der Waals surface area contributed by atoms with Crippen molar-refractivity contribution in [3.05, 3.63) is 70.2 Å². The first kappa shape index (κ1) is 16.0. The monoisotopic (exact) mass is 305 g/mol. The van der Waals surface area contributed by atoms with Gasteiger partial charge in [0.2, 0.25) is 0 Å². The molecule has 2 aromatic rings. The zero-order valence-corrected chi connectivity index (χ0v) is 12.7. The number of aliphatic hydroxyl groups is 2. The van der Waals surface area contributed by atoms with Crippen molar-refractivity contribution in [2.75, 3.05) is 6.61 Å². The lowest BCUT2D eigenvalue weighted by atomic mass is 10.0. The first-order chi connectivity index (χ1) is 10.1. The van der Waals surface area contributed by atoms with Crippen LogP contribution in [-0.2, 0) is 6.61 Å². The molecule has 3 N–H and O–H groups in total. The molecule has 2 atom stereocenters. The van der Waals surface area contributed by atoms with Gasteiger partial charge in [0, 0.05) is 11.1 Å². The molecule has 0 aliphatic heterocycles. The lowest BCUT2D eigenvalue weighted by Gasteiger charge is -2.23. The van der Waals surface area contributed by atoms with Crippen LogP contribution in [0.5, 0.6) is 0 Å². The lowest BCUT2D eigenvalue weighted by molar-refractivity contribution is 0.235. The van der Waals surface area contributed by atoms with Gasteiger partial charge in [-0.25, -0.2) is 0 Å². The number of nitrogens with one attached hydrogen (secondary N) is 1. The highest BCUT2D eigenvalue weighted by molar-refractivity contribution is 6.30. The van der Waals surface area contributed by atoms with Crippen LogP contribution >= 0.6 is 11.6 Å². The van der Waals surface area contributed by atoms with Gasteiger partial charge < -0.3 is 15.5 Å². The molecule has 0 saturated carbocycles. The van der Waals surface area contributed by atoms with E-state index in [9.17, 15) is 10.2 Å². The minimum atomic E-state index is -0.157. The Morgan fingerprint density at radius 1 is 1.05 bits per heavy atom. The average molecular weight is 306 g/mol. The summed E-state index contributed by atoms with van der Waals surface area (Å²) in [5, 5.41) is 22.9. The summed E-state index contributed by atoms with van der Waals surface area (Å²) in [6.45, 7) is 2.07. The van der Waals surface area contributed by atoms with E-state index in [-0.39, 0.29) is 25.3 Å². The van der Waals surface area contributed by atoms with E-state index in [0.29, 0.717) is 5.02 Å². The molecule has 0 heterocycles. The molecule has 0 aliphatic rings. The fourth-order valence-electron chi connectivity index (χ4n) is 2.31. The Balaban J connectivity index is 2.11. The molecule has 2 aromatic carbocycles. The number of hydrogen-bond donors (Lipinski definition) is 3. The molecule has 0 fully saturated rings. The van der Waals surface area contributed by atoms with Crippen LogP contribution in [-0.4, -0.2) is 16.8 Å². The number of hydrogen-bond acceptors (Lipinski definition) is 3. The van der Waals surface area contributed by atoms with Crippen LogP contribution in [0.15, 0.2) is 48.5 Å². The molecule has 21 heavy (non-hydrogen) atoms. The molecular formula is C17H20ClNO2. The number of aliphatic hydroxyl groups excluding tert-OH is 2. The summed E-state index contributed by atoms with van der Waals surface area (Å²) < 4.78 is 0. The summed E-state index contributed by atoms with van der Waals surface area (Å²) in [7, 11) is 0. The second kappa shape index (κ2) is 7.57. The van der Waals surface area contributed by atoms with Crippen molar-refractivity contribution >= 4 is 11.6 Å². The van der Waals surface area contributed by atoms with Gasteiger partial charge in [0.05, 0.1) is 19.3 Å². The van der Waals surface area contributed by atoms with Gasteiger partial charge in [-0.15, -0.1) is 0 Å². The van der Waals surface area contributed by atoms with Crippen LogP contribution < -0.4 is 5.32 Å². The van der Waals surface area contributed by atoms with E-state index in [1.54, 1.807) is 0 Å². The maximum Gasteiger partial charge on any atom is 0.0681 e. The van der Waals surface area contributed by atoms with Crippen LogP contribution in [0.25, 0.3) is 0 Å². The van der Waals surface area contributed by atoms with Crippen LogP contribution in [0.4, 0.5) is 0 Å². The molecule has 0 aromatic heterocycles. The van der Waals surface area contributed by atoms with Gasteiger partial charge in [0.15, 0.2) is 0 Å². The van der Waals surface area contributed by atoms with Crippen LogP contribution in [0, 0.1) is 0 Å². The Kier molecular flexibility index (Phi) is 5.76. The predicted octanol–water partition coefficient (Wildman–Crippen LogP) is 3.22. The highest BCUT2D eigenvalue weighted by Gasteiger charge is 2.14. The lowest BCUT2D eigenvalue weighted by Crippen LogP contribution is -2.27. The molecular weight excluding hydrogens is 286 g/mol. The predicted molar refractivity (Wildman–Crippen MR) is 85.2 cm³/mol. The van der Waals surface area contributed by atoms with E-state index in [4.69, 9.17) is 11.6 Å². The van der Waals surface area contributed by atoms with E-state index >= 15 is 0 Å². The maximum absolute atomic E-state index is 9.61. The van der Waals surface area contributed by atoms with E-state index < -0.39 is 0 Å². The van der Waals surface area contributed by atoms with Gasteiger partial charge in [-0.05, 0) is 35.7 Å². The van der Waals surface area contributed by atoms with Crippen molar-refractivity contribution in [3.8, 4) is 0 Å². The fourth-order valence-corrected chi connectivity index (χ4v) is 2.43. The summed E-state index contributed by atoms with van der Waals surface area (Å²) in [5.74, 6) is 0. The third-order valence-electron chi connectivity index (χ3n) is 3.54. The van der Waals surface area contributed by atoms with Crippen molar-refractivity contribution in [3.63, 3.8) is 0 Å². The largest absolute Gasteiger partial charge is 0.394 e. The van der Waals surface area contributed by atoms with E-state index in [2.05, 4.69) is 5.32 Å².